The van der Waals surface area contributed by atoms with Crippen LogP contribution in [0.3, 0.4) is 0 Å². The van der Waals surface area contributed by atoms with E-state index in [2.05, 4.69) is 19.9 Å². The van der Waals surface area contributed by atoms with Crippen LogP contribution in [0.2, 0.25) is 0 Å². The van der Waals surface area contributed by atoms with E-state index in [-0.39, 0.29) is 23.0 Å². The number of aromatic nitrogens is 4. The molecule has 0 radical (unpaired) electrons. The molecule has 0 saturated heterocycles. The highest BCUT2D eigenvalue weighted by molar-refractivity contribution is 7.92. The zero-order chi connectivity index (χ0) is 25.3. The molecule has 5 aromatic rings. The second-order valence-electron chi connectivity index (χ2n) is 7.89. The summed E-state index contributed by atoms with van der Waals surface area (Å²) in [4.78, 5) is 15.6. The van der Waals surface area contributed by atoms with Crippen LogP contribution in [-0.4, -0.2) is 42.0 Å². The van der Waals surface area contributed by atoms with Crippen molar-refractivity contribution in [3.8, 4) is 28.1 Å². The molecule has 5 rings (SSSR count). The SMILES string of the molecule is CCN(c1nc(-c2cnc3[nH]cc(-c4ccccc4)c3c2)ccc1OC)S(=O)(=O)c1ccnc(F)c1. The van der Waals surface area contributed by atoms with Gasteiger partial charge in [0.1, 0.15) is 5.65 Å². The Balaban J connectivity index is 1.62. The Kier molecular flexibility index (Phi) is 6.11. The van der Waals surface area contributed by atoms with Gasteiger partial charge >= 0.3 is 0 Å². The molecule has 182 valence electrons. The maximum Gasteiger partial charge on any atom is 0.265 e. The smallest absolute Gasteiger partial charge is 0.265 e. The Hall–Kier alpha value is -4.31. The van der Waals surface area contributed by atoms with Gasteiger partial charge in [-0.05, 0) is 36.8 Å². The predicted molar refractivity (Wildman–Crippen MR) is 136 cm³/mol. The minimum atomic E-state index is -4.14. The zero-order valence-electron chi connectivity index (χ0n) is 19.5. The molecule has 0 amide bonds. The number of benzene rings is 1. The van der Waals surface area contributed by atoms with Crippen molar-refractivity contribution < 1.29 is 17.5 Å². The van der Waals surface area contributed by atoms with E-state index in [4.69, 9.17) is 4.74 Å². The number of nitrogens with zero attached hydrogens (tertiary/aromatic N) is 4. The van der Waals surface area contributed by atoms with Gasteiger partial charge in [-0.15, -0.1) is 0 Å². The number of nitrogens with one attached hydrogen (secondary N) is 1. The number of halogens is 1. The van der Waals surface area contributed by atoms with Gasteiger partial charge in [0, 0.05) is 47.7 Å². The second kappa shape index (κ2) is 9.38. The molecule has 1 aromatic carbocycles. The summed E-state index contributed by atoms with van der Waals surface area (Å²) < 4.78 is 47.0. The van der Waals surface area contributed by atoms with Gasteiger partial charge in [-0.2, -0.15) is 4.39 Å². The standard InChI is InChI=1S/C26H22FN5O3S/c1-3-32(36(33,34)19-11-12-28-24(27)14-19)26-23(35-2)10-9-22(31-26)18-13-20-21(16-30-25(20)29-15-18)17-7-5-4-6-8-17/h4-16H,3H2,1-2H3,(H,29,30). The van der Waals surface area contributed by atoms with Crippen molar-refractivity contribution in [2.75, 3.05) is 18.0 Å². The molecule has 0 aliphatic rings. The van der Waals surface area contributed by atoms with E-state index in [1.54, 1.807) is 25.3 Å². The number of H-pyrrole nitrogens is 1. The van der Waals surface area contributed by atoms with E-state index in [0.29, 0.717) is 11.3 Å². The Morgan fingerprint density at radius 2 is 1.83 bits per heavy atom. The largest absolute Gasteiger partial charge is 0.493 e. The van der Waals surface area contributed by atoms with Crippen LogP contribution in [0.15, 0.2) is 84.1 Å². The van der Waals surface area contributed by atoms with Crippen molar-refractivity contribution in [3.63, 3.8) is 0 Å². The van der Waals surface area contributed by atoms with E-state index in [1.807, 2.05) is 42.6 Å². The maximum atomic E-state index is 13.7. The van der Waals surface area contributed by atoms with Crippen LogP contribution in [0.1, 0.15) is 6.92 Å². The van der Waals surface area contributed by atoms with Crippen molar-refractivity contribution >= 4 is 26.9 Å². The molecule has 0 unspecified atom stereocenters. The lowest BCUT2D eigenvalue weighted by Crippen LogP contribution is -2.32. The number of aromatic amines is 1. The summed E-state index contributed by atoms with van der Waals surface area (Å²) in [6.07, 6.45) is 4.69. The van der Waals surface area contributed by atoms with Crippen molar-refractivity contribution in [2.24, 2.45) is 0 Å². The normalized spacial score (nSPS) is 11.5. The topological polar surface area (TPSA) is 101 Å². The third-order valence-electron chi connectivity index (χ3n) is 5.78. The Bertz CT molecular complexity index is 1660. The molecule has 10 heteroatoms. The van der Waals surface area contributed by atoms with Crippen molar-refractivity contribution in [1.82, 2.24) is 19.9 Å². The number of ether oxygens (including phenoxy) is 1. The molecule has 0 aliphatic carbocycles. The van der Waals surface area contributed by atoms with Crippen LogP contribution in [0.4, 0.5) is 10.2 Å². The van der Waals surface area contributed by atoms with Gasteiger partial charge in [0.2, 0.25) is 5.95 Å². The Morgan fingerprint density at radius 3 is 2.56 bits per heavy atom. The average Bonchev–Trinajstić information content (AvgIpc) is 3.33. The average molecular weight is 504 g/mol. The van der Waals surface area contributed by atoms with E-state index in [1.165, 1.54) is 13.2 Å². The fourth-order valence-electron chi connectivity index (χ4n) is 4.04. The molecular formula is C26H22FN5O3S. The van der Waals surface area contributed by atoms with Gasteiger partial charge in [-0.1, -0.05) is 30.3 Å². The molecule has 0 bridgehead atoms. The summed E-state index contributed by atoms with van der Waals surface area (Å²) in [7, 11) is -2.70. The third-order valence-corrected chi connectivity index (χ3v) is 7.64. The minimum absolute atomic E-state index is 0.0480. The number of hydrogen-bond donors (Lipinski definition) is 1. The second-order valence-corrected chi connectivity index (χ2v) is 9.76. The molecule has 0 saturated carbocycles. The maximum absolute atomic E-state index is 13.7. The molecule has 0 aliphatic heterocycles. The minimum Gasteiger partial charge on any atom is -0.493 e. The first-order chi connectivity index (χ1) is 17.4. The Labute approximate surface area is 207 Å². The number of sulfonamides is 1. The van der Waals surface area contributed by atoms with Crippen LogP contribution in [-0.2, 0) is 10.0 Å². The highest BCUT2D eigenvalue weighted by Crippen LogP contribution is 2.35. The van der Waals surface area contributed by atoms with Crippen molar-refractivity contribution in [2.45, 2.75) is 11.8 Å². The van der Waals surface area contributed by atoms with Crippen LogP contribution in [0, 0.1) is 5.95 Å². The van der Waals surface area contributed by atoms with Crippen LogP contribution < -0.4 is 9.04 Å². The van der Waals surface area contributed by atoms with E-state index in [0.717, 1.165) is 38.7 Å². The number of methoxy groups -OCH3 is 1. The number of anilines is 1. The quantitative estimate of drug-likeness (QED) is 0.312. The molecule has 36 heavy (non-hydrogen) atoms. The van der Waals surface area contributed by atoms with Crippen molar-refractivity contribution in [1.29, 1.82) is 0 Å². The molecule has 0 spiro atoms. The lowest BCUT2D eigenvalue weighted by atomic mass is 10.0. The fourth-order valence-corrected chi connectivity index (χ4v) is 5.47. The summed E-state index contributed by atoms with van der Waals surface area (Å²) in [5.74, 6) is -0.535. The first kappa shape index (κ1) is 23.4. The fraction of sp³-hybridized carbons (Fsp3) is 0.115. The monoisotopic (exact) mass is 503 g/mol. The van der Waals surface area contributed by atoms with E-state index >= 15 is 0 Å². The summed E-state index contributed by atoms with van der Waals surface area (Å²) in [5, 5.41) is 0.907. The predicted octanol–water partition coefficient (Wildman–Crippen LogP) is 5.05. The summed E-state index contributed by atoms with van der Waals surface area (Å²) >= 11 is 0. The summed E-state index contributed by atoms with van der Waals surface area (Å²) in [5.41, 5.74) is 3.97. The van der Waals surface area contributed by atoms with E-state index < -0.39 is 16.0 Å². The van der Waals surface area contributed by atoms with Crippen LogP contribution in [0.5, 0.6) is 5.75 Å². The van der Waals surface area contributed by atoms with Gasteiger partial charge < -0.3 is 9.72 Å². The number of fused-ring (bicyclic) bond motifs is 1. The first-order valence-corrected chi connectivity index (χ1v) is 12.6. The van der Waals surface area contributed by atoms with Crippen molar-refractivity contribution in [3.05, 3.63) is 85.2 Å². The third kappa shape index (κ3) is 4.16. The molecule has 1 N–H and O–H groups in total. The van der Waals surface area contributed by atoms with Crippen LogP contribution >= 0.6 is 0 Å². The van der Waals surface area contributed by atoms with Crippen LogP contribution in [0.25, 0.3) is 33.4 Å². The van der Waals surface area contributed by atoms with Gasteiger partial charge in [0.15, 0.2) is 11.6 Å². The first-order valence-electron chi connectivity index (χ1n) is 11.1. The van der Waals surface area contributed by atoms with Gasteiger partial charge in [0.05, 0.1) is 17.7 Å². The number of hydrogen-bond acceptors (Lipinski definition) is 6. The Morgan fingerprint density at radius 1 is 1.03 bits per heavy atom. The molecule has 4 heterocycles. The van der Waals surface area contributed by atoms with Gasteiger partial charge in [-0.3, -0.25) is 0 Å². The molecule has 4 aromatic heterocycles. The lowest BCUT2D eigenvalue weighted by Gasteiger charge is -2.24. The van der Waals surface area contributed by atoms with E-state index in [9.17, 15) is 12.8 Å². The molecule has 0 atom stereocenters. The highest BCUT2D eigenvalue weighted by Gasteiger charge is 2.28. The molecule has 8 nitrogen and oxygen atoms in total. The lowest BCUT2D eigenvalue weighted by molar-refractivity contribution is 0.414. The molecular weight excluding hydrogens is 481 g/mol. The van der Waals surface area contributed by atoms with Gasteiger partial charge in [0.25, 0.3) is 10.0 Å². The summed E-state index contributed by atoms with van der Waals surface area (Å²) in [6, 6.07) is 17.4. The highest BCUT2D eigenvalue weighted by atomic mass is 32.2. The zero-order valence-corrected chi connectivity index (χ0v) is 20.3. The van der Waals surface area contributed by atoms with Gasteiger partial charge in [-0.25, -0.2) is 27.7 Å². The number of rotatable bonds is 7. The summed E-state index contributed by atoms with van der Waals surface area (Å²) in [6.45, 7) is 1.72. The number of pyridine rings is 3. The molecule has 0 fully saturated rings.